The fourth-order valence-corrected chi connectivity index (χ4v) is 1.27. The summed E-state index contributed by atoms with van der Waals surface area (Å²) in [6.07, 6.45) is 2.17. The van der Waals surface area contributed by atoms with E-state index in [1.165, 1.54) is 0 Å². The number of hydrogen-bond acceptors (Lipinski definition) is 2. The number of aromatic nitrogens is 1. The lowest BCUT2D eigenvalue weighted by molar-refractivity contribution is 0.0977. The number of carbonyl (C=O) groups excluding carboxylic acids is 1. The molecule has 3 nitrogen and oxygen atoms in total. The van der Waals surface area contributed by atoms with Gasteiger partial charge in [0.2, 0.25) is 0 Å². The second-order valence-corrected chi connectivity index (χ2v) is 2.90. The Morgan fingerprint density at radius 1 is 1.67 bits per heavy atom. The standard InChI is InChI=1S/C9H13NO2/c1-4-7(11)8-9(12)6(2)5-10(8)3/h5,12H,4H2,1-3H3. The van der Waals surface area contributed by atoms with Crippen molar-refractivity contribution >= 4 is 5.78 Å². The molecule has 1 N–H and O–H groups in total. The van der Waals surface area contributed by atoms with Gasteiger partial charge in [0.25, 0.3) is 0 Å². The van der Waals surface area contributed by atoms with Gasteiger partial charge in [0.1, 0.15) is 11.4 Å². The summed E-state index contributed by atoms with van der Waals surface area (Å²) in [5.41, 5.74) is 1.16. The molecular formula is C9H13NO2. The van der Waals surface area contributed by atoms with E-state index in [0.717, 1.165) is 5.56 Å². The van der Waals surface area contributed by atoms with Crippen molar-refractivity contribution in [2.45, 2.75) is 20.3 Å². The van der Waals surface area contributed by atoms with E-state index in [9.17, 15) is 9.90 Å². The molecule has 0 aliphatic heterocycles. The Bertz CT molecular complexity index is 313. The number of nitrogens with zero attached hydrogens (tertiary/aromatic N) is 1. The Balaban J connectivity index is 3.22. The first-order chi connectivity index (χ1) is 5.57. The number of rotatable bonds is 2. The highest BCUT2D eigenvalue weighted by atomic mass is 16.3. The minimum atomic E-state index is -0.0249. The quantitative estimate of drug-likeness (QED) is 0.680. The number of carbonyl (C=O) groups is 1. The third-order valence-corrected chi connectivity index (χ3v) is 1.92. The van der Waals surface area contributed by atoms with Gasteiger partial charge in [-0.15, -0.1) is 0 Å². The molecule has 0 radical (unpaired) electrons. The topological polar surface area (TPSA) is 42.2 Å². The summed E-state index contributed by atoms with van der Waals surface area (Å²) in [6, 6.07) is 0. The van der Waals surface area contributed by atoms with Crippen LogP contribution in [0.15, 0.2) is 6.20 Å². The lowest BCUT2D eigenvalue weighted by Gasteiger charge is -1.99. The molecule has 66 valence electrons. The number of hydrogen-bond donors (Lipinski definition) is 1. The van der Waals surface area contributed by atoms with Crippen LogP contribution in [0.5, 0.6) is 5.75 Å². The SMILES string of the molecule is CCC(=O)c1c(O)c(C)cn1C. The van der Waals surface area contributed by atoms with Crippen LogP contribution in [0, 0.1) is 6.92 Å². The van der Waals surface area contributed by atoms with Crippen LogP contribution in [0.2, 0.25) is 0 Å². The highest BCUT2D eigenvalue weighted by Gasteiger charge is 2.15. The molecule has 1 rings (SSSR count). The van der Waals surface area contributed by atoms with Crippen LogP contribution < -0.4 is 0 Å². The van der Waals surface area contributed by atoms with Crippen molar-refractivity contribution < 1.29 is 9.90 Å². The number of ketones is 1. The van der Waals surface area contributed by atoms with Crippen molar-refractivity contribution in [1.82, 2.24) is 4.57 Å². The van der Waals surface area contributed by atoms with Gasteiger partial charge in [-0.3, -0.25) is 4.79 Å². The monoisotopic (exact) mass is 167 g/mol. The average Bonchev–Trinajstić information content (AvgIpc) is 2.26. The van der Waals surface area contributed by atoms with Gasteiger partial charge in [-0.1, -0.05) is 6.92 Å². The van der Waals surface area contributed by atoms with Crippen LogP contribution >= 0.6 is 0 Å². The van der Waals surface area contributed by atoms with Crippen LogP contribution in [0.1, 0.15) is 29.4 Å². The van der Waals surface area contributed by atoms with Crippen LogP contribution in [0.25, 0.3) is 0 Å². The van der Waals surface area contributed by atoms with Crippen molar-refractivity contribution in [3.8, 4) is 5.75 Å². The third kappa shape index (κ3) is 1.22. The van der Waals surface area contributed by atoms with Gasteiger partial charge in [0.05, 0.1) is 0 Å². The van der Waals surface area contributed by atoms with E-state index >= 15 is 0 Å². The molecule has 12 heavy (non-hydrogen) atoms. The van der Waals surface area contributed by atoms with Gasteiger partial charge in [0.15, 0.2) is 5.78 Å². The first-order valence-electron chi connectivity index (χ1n) is 3.96. The van der Waals surface area contributed by atoms with Gasteiger partial charge in [0, 0.05) is 25.2 Å². The van der Waals surface area contributed by atoms with E-state index in [2.05, 4.69) is 0 Å². The summed E-state index contributed by atoms with van der Waals surface area (Å²) in [7, 11) is 1.76. The zero-order valence-electron chi connectivity index (χ0n) is 7.59. The van der Waals surface area contributed by atoms with Crippen molar-refractivity contribution in [2.24, 2.45) is 7.05 Å². The molecule has 0 atom stereocenters. The van der Waals surface area contributed by atoms with E-state index in [1.54, 1.807) is 31.7 Å². The van der Waals surface area contributed by atoms with Crippen LogP contribution in [-0.2, 0) is 7.05 Å². The molecule has 0 fully saturated rings. The van der Waals surface area contributed by atoms with Gasteiger partial charge in [-0.2, -0.15) is 0 Å². The van der Waals surface area contributed by atoms with Gasteiger partial charge < -0.3 is 9.67 Å². The predicted octanol–water partition coefficient (Wildman–Crippen LogP) is 1.63. The molecule has 3 heteroatoms. The molecular weight excluding hydrogens is 154 g/mol. The average molecular weight is 167 g/mol. The van der Waals surface area contributed by atoms with Crippen molar-refractivity contribution in [3.63, 3.8) is 0 Å². The molecule has 0 aliphatic rings. The summed E-state index contributed by atoms with van der Waals surface area (Å²) >= 11 is 0. The summed E-state index contributed by atoms with van der Waals surface area (Å²) in [4.78, 5) is 11.3. The molecule has 0 spiro atoms. The molecule has 1 aromatic rings. The minimum Gasteiger partial charge on any atom is -0.505 e. The number of Topliss-reactive ketones (excluding diaryl/α,β-unsaturated/α-hetero) is 1. The fraction of sp³-hybridized carbons (Fsp3) is 0.444. The maximum atomic E-state index is 11.3. The Morgan fingerprint density at radius 3 is 2.58 bits per heavy atom. The highest BCUT2D eigenvalue weighted by Crippen LogP contribution is 2.24. The van der Waals surface area contributed by atoms with Crippen molar-refractivity contribution in [2.75, 3.05) is 0 Å². The highest BCUT2D eigenvalue weighted by molar-refractivity contribution is 5.97. The summed E-state index contributed by atoms with van der Waals surface area (Å²) in [5.74, 6) is 0.0902. The fourth-order valence-electron chi connectivity index (χ4n) is 1.27. The van der Waals surface area contributed by atoms with E-state index in [1.807, 2.05) is 0 Å². The molecule has 1 aromatic heterocycles. The minimum absolute atomic E-state index is 0.0249. The molecule has 0 unspecified atom stereocenters. The second-order valence-electron chi connectivity index (χ2n) is 2.90. The Morgan fingerprint density at radius 2 is 2.25 bits per heavy atom. The first-order valence-corrected chi connectivity index (χ1v) is 3.96. The van der Waals surface area contributed by atoms with E-state index in [4.69, 9.17) is 0 Å². The van der Waals surface area contributed by atoms with Crippen LogP contribution in [-0.4, -0.2) is 15.5 Å². The Kier molecular flexibility index (Phi) is 2.22. The molecule has 0 aromatic carbocycles. The Hall–Kier alpha value is -1.25. The normalized spacial score (nSPS) is 10.2. The molecule has 0 saturated carbocycles. The van der Waals surface area contributed by atoms with Gasteiger partial charge >= 0.3 is 0 Å². The molecule has 0 bridgehead atoms. The maximum absolute atomic E-state index is 11.3. The van der Waals surface area contributed by atoms with Gasteiger partial charge in [-0.25, -0.2) is 0 Å². The van der Waals surface area contributed by atoms with E-state index < -0.39 is 0 Å². The number of aryl methyl sites for hydroxylation is 2. The van der Waals surface area contributed by atoms with Crippen LogP contribution in [0.3, 0.4) is 0 Å². The molecule has 1 heterocycles. The van der Waals surface area contributed by atoms with Crippen LogP contribution in [0.4, 0.5) is 0 Å². The predicted molar refractivity (Wildman–Crippen MR) is 46.4 cm³/mol. The molecule has 0 saturated heterocycles. The second kappa shape index (κ2) is 3.01. The maximum Gasteiger partial charge on any atom is 0.182 e. The molecule has 0 amide bonds. The number of aromatic hydroxyl groups is 1. The van der Waals surface area contributed by atoms with Crippen molar-refractivity contribution in [1.29, 1.82) is 0 Å². The largest absolute Gasteiger partial charge is 0.505 e. The summed E-state index contributed by atoms with van der Waals surface area (Å²) < 4.78 is 1.66. The van der Waals surface area contributed by atoms with E-state index in [0.29, 0.717) is 12.1 Å². The summed E-state index contributed by atoms with van der Waals surface area (Å²) in [5, 5.41) is 9.48. The third-order valence-electron chi connectivity index (χ3n) is 1.92. The summed E-state index contributed by atoms with van der Waals surface area (Å²) in [6.45, 7) is 3.56. The Labute approximate surface area is 71.6 Å². The first kappa shape index (κ1) is 8.84. The van der Waals surface area contributed by atoms with Crippen molar-refractivity contribution in [3.05, 3.63) is 17.5 Å². The molecule has 0 aliphatic carbocycles. The van der Waals surface area contributed by atoms with Gasteiger partial charge in [-0.05, 0) is 6.92 Å². The lowest BCUT2D eigenvalue weighted by Crippen LogP contribution is -2.03. The lowest BCUT2D eigenvalue weighted by atomic mass is 10.2. The van der Waals surface area contributed by atoms with E-state index in [-0.39, 0.29) is 11.5 Å². The zero-order chi connectivity index (χ0) is 9.30. The smallest absolute Gasteiger partial charge is 0.182 e. The zero-order valence-corrected chi connectivity index (χ0v) is 7.59.